The molecular weight excluding hydrogens is 685 g/mol. The number of carbonyl (C=O) groups is 1. The summed E-state index contributed by atoms with van der Waals surface area (Å²) in [7, 11) is -3.57. The molecule has 52 heavy (non-hydrogen) atoms. The third kappa shape index (κ3) is 7.72. The van der Waals surface area contributed by atoms with Gasteiger partial charge in [0.1, 0.15) is 23.4 Å². The van der Waals surface area contributed by atoms with E-state index in [1.165, 1.54) is 6.42 Å². The SMILES string of the molecule is C[C@H]1CCCCN1c1nnc2ccc(OC3CC/C(=N\C(=O)Nc4cc(C(C)(C)C)nn4-c4cnn(CCOS(C)(=O)=O)c4)c4ccccc43)cn12. The molecule has 7 rings (SSSR count). The number of anilines is 2. The van der Waals surface area contributed by atoms with E-state index < -0.39 is 16.1 Å². The lowest BCUT2D eigenvalue weighted by molar-refractivity contribution is 0.193. The fourth-order valence-corrected chi connectivity index (χ4v) is 7.06. The van der Waals surface area contributed by atoms with Gasteiger partial charge in [-0.2, -0.15) is 23.6 Å². The first-order chi connectivity index (χ1) is 24.8. The topological polar surface area (TPSA) is 163 Å². The second-order valence-electron chi connectivity index (χ2n) is 14.4. The van der Waals surface area contributed by atoms with Crippen molar-refractivity contribution < 1.29 is 22.1 Å². The van der Waals surface area contributed by atoms with Crippen molar-refractivity contribution in [3.8, 4) is 11.4 Å². The predicted molar refractivity (Wildman–Crippen MR) is 197 cm³/mol. The molecule has 15 nitrogen and oxygen atoms in total. The largest absolute Gasteiger partial charge is 0.484 e. The van der Waals surface area contributed by atoms with Crippen molar-refractivity contribution in [3.05, 3.63) is 77.9 Å². The van der Waals surface area contributed by atoms with Crippen LogP contribution in [0, 0.1) is 0 Å². The number of ether oxygens (including phenoxy) is 1. The van der Waals surface area contributed by atoms with Crippen LogP contribution in [0.1, 0.15) is 82.7 Å². The summed E-state index contributed by atoms with van der Waals surface area (Å²) < 4.78 is 39.3. The number of aliphatic imine (C=N–C) groups is 1. The average Bonchev–Trinajstić information content (AvgIpc) is 3.84. The van der Waals surface area contributed by atoms with Gasteiger partial charge >= 0.3 is 6.03 Å². The molecule has 2 aliphatic rings. The van der Waals surface area contributed by atoms with Gasteiger partial charge in [0.25, 0.3) is 10.1 Å². The number of piperidine rings is 1. The van der Waals surface area contributed by atoms with E-state index in [4.69, 9.17) is 14.0 Å². The number of hydrogen-bond acceptors (Lipinski definition) is 10. The van der Waals surface area contributed by atoms with Crippen LogP contribution >= 0.6 is 0 Å². The van der Waals surface area contributed by atoms with Gasteiger partial charge in [0.2, 0.25) is 5.95 Å². The second kappa shape index (κ2) is 14.1. The minimum atomic E-state index is -3.57. The number of nitrogens with zero attached hydrogens (tertiary/aromatic N) is 9. The summed E-state index contributed by atoms with van der Waals surface area (Å²) in [6, 6.07) is 13.4. The van der Waals surface area contributed by atoms with Gasteiger partial charge in [-0.05, 0) is 51.2 Å². The lowest BCUT2D eigenvalue weighted by Crippen LogP contribution is -2.38. The number of carbonyl (C=O) groups excluding carboxylic acids is 1. The Kier molecular flexibility index (Phi) is 9.61. The highest BCUT2D eigenvalue weighted by Crippen LogP contribution is 2.35. The number of urea groups is 1. The van der Waals surface area contributed by atoms with E-state index in [0.717, 1.165) is 54.1 Å². The molecule has 2 atom stereocenters. The molecule has 1 unspecified atom stereocenters. The summed E-state index contributed by atoms with van der Waals surface area (Å²) in [5, 5.41) is 20.9. The highest BCUT2D eigenvalue weighted by Gasteiger charge is 2.28. The van der Waals surface area contributed by atoms with Gasteiger partial charge in [0, 0.05) is 35.2 Å². The molecular formula is C36H44N10O5S. The number of pyridine rings is 1. The van der Waals surface area contributed by atoms with Gasteiger partial charge in [-0.25, -0.2) is 9.48 Å². The standard InChI is InChI=1S/C36H44N10O5S/c1-24-10-8-9-17-44(24)35-41-40-32-16-13-26(23-45(32)35)51-30-15-14-29(27-11-6-7-12-28(27)30)38-34(47)39-33-20-31(36(2,3)4)42-46(33)25-21-37-43(22-25)18-19-50-52(5,48)49/h6-7,11-13,16,20-24,30H,8-10,14-15,17-19H2,1-5H3,(H,39,47)/b38-29+/t24-,30?/m0/s1. The van der Waals surface area contributed by atoms with Crippen LogP contribution in [0.4, 0.5) is 16.6 Å². The van der Waals surface area contributed by atoms with Crippen LogP contribution in [0.3, 0.4) is 0 Å². The monoisotopic (exact) mass is 728 g/mol. The lowest BCUT2D eigenvalue weighted by Gasteiger charge is -2.33. The average molecular weight is 729 g/mol. The molecule has 0 bridgehead atoms. The second-order valence-corrected chi connectivity index (χ2v) is 16.1. The zero-order chi connectivity index (χ0) is 36.6. The summed E-state index contributed by atoms with van der Waals surface area (Å²) in [5.74, 6) is 1.98. The summed E-state index contributed by atoms with van der Waals surface area (Å²) in [6.45, 7) is 9.45. The van der Waals surface area contributed by atoms with Gasteiger partial charge in [-0.1, -0.05) is 45.0 Å². The van der Waals surface area contributed by atoms with E-state index in [2.05, 4.69) is 37.4 Å². The van der Waals surface area contributed by atoms with Crippen LogP contribution in [0.15, 0.2) is 66.0 Å². The number of hydrogen-bond donors (Lipinski definition) is 1. The minimum absolute atomic E-state index is 0.0584. The zero-order valence-electron chi connectivity index (χ0n) is 30.1. The zero-order valence-corrected chi connectivity index (χ0v) is 30.9. The smallest absolute Gasteiger partial charge is 0.346 e. The number of rotatable bonds is 9. The number of fused-ring (bicyclic) bond motifs is 2. The molecule has 5 aromatic rings. The Morgan fingerprint density at radius 3 is 2.69 bits per heavy atom. The first kappa shape index (κ1) is 35.3. The molecule has 1 N–H and O–H groups in total. The molecule has 2 amide bonds. The van der Waals surface area contributed by atoms with E-state index in [9.17, 15) is 13.2 Å². The quantitative estimate of drug-likeness (QED) is 0.186. The van der Waals surface area contributed by atoms with Crippen LogP contribution in [0.2, 0.25) is 0 Å². The molecule has 274 valence electrons. The number of benzene rings is 1. The summed E-state index contributed by atoms with van der Waals surface area (Å²) in [5.41, 5.74) is 4.31. The highest BCUT2D eigenvalue weighted by molar-refractivity contribution is 7.85. The van der Waals surface area contributed by atoms with Crippen LogP contribution in [-0.2, 0) is 26.3 Å². The summed E-state index contributed by atoms with van der Waals surface area (Å²) in [4.78, 5) is 20.4. The van der Waals surface area contributed by atoms with Crippen LogP contribution < -0.4 is 15.0 Å². The molecule has 16 heteroatoms. The maximum absolute atomic E-state index is 13.5. The normalized spacial score (nSPS) is 18.9. The molecule has 1 saturated heterocycles. The maximum Gasteiger partial charge on any atom is 0.346 e. The summed E-state index contributed by atoms with van der Waals surface area (Å²) in [6.07, 6.45) is 10.7. The Bertz CT molecular complexity index is 2230. The molecule has 1 fully saturated rings. The maximum atomic E-state index is 13.5. The molecule has 5 heterocycles. The van der Waals surface area contributed by atoms with Gasteiger partial charge in [0.15, 0.2) is 5.65 Å². The highest BCUT2D eigenvalue weighted by atomic mass is 32.2. The molecule has 1 aliphatic heterocycles. The third-order valence-electron chi connectivity index (χ3n) is 9.39. The van der Waals surface area contributed by atoms with Crippen molar-refractivity contribution in [1.29, 1.82) is 0 Å². The fourth-order valence-electron chi connectivity index (χ4n) is 6.68. The third-order valence-corrected chi connectivity index (χ3v) is 9.98. The molecule has 0 spiro atoms. The van der Waals surface area contributed by atoms with Crippen molar-refractivity contribution in [3.63, 3.8) is 0 Å². The Balaban J connectivity index is 1.10. The van der Waals surface area contributed by atoms with Gasteiger partial charge in [-0.15, -0.1) is 10.2 Å². The van der Waals surface area contributed by atoms with Gasteiger partial charge < -0.3 is 9.64 Å². The van der Waals surface area contributed by atoms with E-state index in [1.807, 2.05) is 73.8 Å². The fraction of sp³-hybridized carbons (Fsp3) is 0.444. The van der Waals surface area contributed by atoms with Crippen LogP contribution in [0.25, 0.3) is 11.3 Å². The van der Waals surface area contributed by atoms with Crippen molar-refractivity contribution in [2.75, 3.05) is 29.6 Å². The van der Waals surface area contributed by atoms with E-state index >= 15 is 0 Å². The minimum Gasteiger partial charge on any atom is -0.484 e. The molecule has 0 saturated carbocycles. The molecule has 0 radical (unpaired) electrons. The van der Waals surface area contributed by atoms with Crippen molar-refractivity contribution in [1.82, 2.24) is 34.2 Å². The summed E-state index contributed by atoms with van der Waals surface area (Å²) >= 11 is 0. The number of nitrogens with one attached hydrogen (secondary N) is 1. The number of aromatic nitrogens is 7. The Hall–Kier alpha value is -5.09. The van der Waals surface area contributed by atoms with E-state index in [-0.39, 0.29) is 24.7 Å². The van der Waals surface area contributed by atoms with Crippen molar-refractivity contribution >= 4 is 39.3 Å². The molecule has 1 aliphatic carbocycles. The predicted octanol–water partition coefficient (Wildman–Crippen LogP) is 5.70. The van der Waals surface area contributed by atoms with E-state index in [1.54, 1.807) is 21.8 Å². The van der Waals surface area contributed by atoms with Crippen molar-refractivity contribution in [2.45, 2.75) is 83.9 Å². The van der Waals surface area contributed by atoms with E-state index in [0.29, 0.717) is 41.8 Å². The first-order valence-electron chi connectivity index (χ1n) is 17.6. The van der Waals surface area contributed by atoms with Crippen LogP contribution in [0.5, 0.6) is 5.75 Å². The van der Waals surface area contributed by atoms with Crippen molar-refractivity contribution in [2.24, 2.45) is 4.99 Å². The lowest BCUT2D eigenvalue weighted by atomic mass is 9.87. The Morgan fingerprint density at radius 2 is 1.90 bits per heavy atom. The van der Waals surface area contributed by atoms with Crippen LogP contribution in [-0.4, -0.2) is 79.8 Å². The molecule has 1 aromatic carbocycles. The first-order valence-corrected chi connectivity index (χ1v) is 19.4. The Morgan fingerprint density at radius 1 is 1.08 bits per heavy atom. The van der Waals surface area contributed by atoms with Gasteiger partial charge in [-0.3, -0.25) is 18.6 Å². The molecule has 4 aromatic heterocycles. The Labute approximate surface area is 302 Å². The van der Waals surface area contributed by atoms with Gasteiger partial charge in [0.05, 0.1) is 49.4 Å². The number of amides is 2.